The smallest absolute Gasteiger partial charge is 0.237 e. The van der Waals surface area contributed by atoms with Crippen molar-refractivity contribution in [2.75, 3.05) is 6.54 Å². The van der Waals surface area contributed by atoms with Crippen LogP contribution < -0.4 is 10.6 Å². The van der Waals surface area contributed by atoms with Crippen molar-refractivity contribution < 1.29 is 4.79 Å². The normalized spacial score (nSPS) is 18.5. The third-order valence-corrected chi connectivity index (χ3v) is 4.42. The summed E-state index contributed by atoms with van der Waals surface area (Å²) in [6, 6.07) is 8.02. The minimum absolute atomic E-state index is 0. The summed E-state index contributed by atoms with van der Waals surface area (Å²) >= 11 is 1.64. The average Bonchev–Trinajstić information content (AvgIpc) is 2.88. The lowest BCUT2D eigenvalue weighted by molar-refractivity contribution is -0.123. The number of piperidine rings is 1. The molecule has 1 atom stereocenters. The van der Waals surface area contributed by atoms with Crippen LogP contribution in [-0.4, -0.2) is 23.5 Å². The highest BCUT2D eigenvalue weighted by Gasteiger charge is 2.20. The average molecular weight is 312 g/mol. The van der Waals surface area contributed by atoms with Crippen LogP contribution in [0.25, 0.3) is 10.2 Å². The number of amides is 1. The van der Waals surface area contributed by atoms with E-state index in [-0.39, 0.29) is 24.4 Å². The van der Waals surface area contributed by atoms with Crippen LogP contribution in [-0.2, 0) is 11.3 Å². The Balaban J connectivity index is 0.00000147. The molecule has 2 N–H and O–H groups in total. The molecular formula is C14H18ClN3OS. The molecule has 0 saturated carbocycles. The molecule has 108 valence electrons. The second-order valence-corrected chi connectivity index (χ2v) is 5.91. The number of hydrogen-bond acceptors (Lipinski definition) is 4. The Bertz CT molecular complexity index is 548. The number of aromatic nitrogens is 1. The number of nitrogens with one attached hydrogen (secondary N) is 2. The van der Waals surface area contributed by atoms with E-state index in [0.717, 1.165) is 29.9 Å². The van der Waals surface area contributed by atoms with Crippen LogP contribution in [0.15, 0.2) is 24.3 Å². The van der Waals surface area contributed by atoms with Gasteiger partial charge in [0.05, 0.1) is 22.8 Å². The number of rotatable bonds is 3. The van der Waals surface area contributed by atoms with Crippen molar-refractivity contribution in [1.29, 1.82) is 0 Å². The SMILES string of the molecule is Cl.O=C(NCc1nc2ccccc2s1)[C@@H]1CCCCN1. The number of fused-ring (bicyclic) bond motifs is 1. The van der Waals surface area contributed by atoms with E-state index in [1.165, 1.54) is 11.1 Å². The van der Waals surface area contributed by atoms with Gasteiger partial charge in [0.1, 0.15) is 5.01 Å². The van der Waals surface area contributed by atoms with Crippen molar-refractivity contribution in [3.05, 3.63) is 29.3 Å². The number of nitrogens with zero attached hydrogens (tertiary/aromatic N) is 1. The molecule has 1 aliphatic heterocycles. The van der Waals surface area contributed by atoms with E-state index in [1.807, 2.05) is 18.2 Å². The first kappa shape index (κ1) is 15.2. The number of thiazole rings is 1. The Hall–Kier alpha value is -1.17. The van der Waals surface area contributed by atoms with E-state index in [2.05, 4.69) is 21.7 Å². The lowest BCUT2D eigenvalue weighted by atomic mass is 10.0. The van der Waals surface area contributed by atoms with Gasteiger partial charge in [-0.05, 0) is 31.5 Å². The van der Waals surface area contributed by atoms with Gasteiger partial charge in [-0.2, -0.15) is 0 Å². The summed E-state index contributed by atoms with van der Waals surface area (Å²) < 4.78 is 1.17. The molecule has 1 aliphatic rings. The van der Waals surface area contributed by atoms with Crippen LogP contribution in [0.1, 0.15) is 24.3 Å². The maximum Gasteiger partial charge on any atom is 0.237 e. The predicted molar refractivity (Wildman–Crippen MR) is 84.4 cm³/mol. The number of hydrogen-bond donors (Lipinski definition) is 2. The first-order chi connectivity index (χ1) is 9.33. The highest BCUT2D eigenvalue weighted by atomic mass is 35.5. The molecule has 0 spiro atoms. The summed E-state index contributed by atoms with van der Waals surface area (Å²) in [5.41, 5.74) is 1.01. The second-order valence-electron chi connectivity index (χ2n) is 4.80. The zero-order valence-electron chi connectivity index (χ0n) is 11.1. The Morgan fingerprint density at radius 3 is 3.00 bits per heavy atom. The van der Waals surface area contributed by atoms with E-state index in [4.69, 9.17) is 0 Å². The minimum Gasteiger partial charge on any atom is -0.348 e. The van der Waals surface area contributed by atoms with Crippen molar-refractivity contribution in [1.82, 2.24) is 15.6 Å². The number of benzene rings is 1. The first-order valence-corrected chi connectivity index (χ1v) is 7.50. The quantitative estimate of drug-likeness (QED) is 0.915. The summed E-state index contributed by atoms with van der Waals surface area (Å²) in [4.78, 5) is 16.5. The monoisotopic (exact) mass is 311 g/mol. The Morgan fingerprint density at radius 1 is 1.40 bits per heavy atom. The van der Waals surface area contributed by atoms with Gasteiger partial charge in [0, 0.05) is 0 Å². The molecule has 1 amide bonds. The van der Waals surface area contributed by atoms with Crippen LogP contribution in [0.5, 0.6) is 0 Å². The van der Waals surface area contributed by atoms with Crippen molar-refractivity contribution in [3.8, 4) is 0 Å². The van der Waals surface area contributed by atoms with Gasteiger partial charge in [-0.25, -0.2) is 4.98 Å². The van der Waals surface area contributed by atoms with Gasteiger partial charge in [0.2, 0.25) is 5.91 Å². The third kappa shape index (κ3) is 3.48. The molecule has 1 saturated heterocycles. The number of para-hydroxylation sites is 1. The molecule has 0 unspecified atom stereocenters. The predicted octanol–water partition coefficient (Wildman–Crippen LogP) is 2.48. The van der Waals surface area contributed by atoms with Crippen molar-refractivity contribution in [3.63, 3.8) is 0 Å². The molecule has 3 rings (SSSR count). The number of halogens is 1. The van der Waals surface area contributed by atoms with Gasteiger partial charge in [-0.15, -0.1) is 23.7 Å². The molecule has 6 heteroatoms. The van der Waals surface area contributed by atoms with E-state index in [9.17, 15) is 4.79 Å². The maximum absolute atomic E-state index is 12.0. The molecule has 0 aliphatic carbocycles. The Morgan fingerprint density at radius 2 is 2.25 bits per heavy atom. The topological polar surface area (TPSA) is 54.0 Å². The van der Waals surface area contributed by atoms with Gasteiger partial charge >= 0.3 is 0 Å². The van der Waals surface area contributed by atoms with Gasteiger partial charge in [0.15, 0.2) is 0 Å². The first-order valence-electron chi connectivity index (χ1n) is 6.68. The highest BCUT2D eigenvalue weighted by molar-refractivity contribution is 7.18. The van der Waals surface area contributed by atoms with Crippen molar-refractivity contribution in [2.45, 2.75) is 31.8 Å². The summed E-state index contributed by atoms with van der Waals surface area (Å²) in [6.45, 7) is 1.47. The molecular weight excluding hydrogens is 294 g/mol. The molecule has 4 nitrogen and oxygen atoms in total. The van der Waals surface area contributed by atoms with Crippen LogP contribution in [0.4, 0.5) is 0 Å². The van der Waals surface area contributed by atoms with Crippen molar-refractivity contribution in [2.24, 2.45) is 0 Å². The molecule has 0 bridgehead atoms. The Labute approximate surface area is 128 Å². The van der Waals surface area contributed by atoms with Crippen LogP contribution >= 0.6 is 23.7 Å². The Kier molecular flexibility index (Phi) is 5.34. The minimum atomic E-state index is -0.0249. The second kappa shape index (κ2) is 7.02. The summed E-state index contributed by atoms with van der Waals surface area (Å²) in [6.07, 6.45) is 3.24. The van der Waals surface area contributed by atoms with Gasteiger partial charge in [-0.1, -0.05) is 18.6 Å². The molecule has 0 radical (unpaired) electrons. The number of carbonyl (C=O) groups is 1. The highest BCUT2D eigenvalue weighted by Crippen LogP contribution is 2.21. The maximum atomic E-state index is 12.0. The molecule has 1 aromatic heterocycles. The van der Waals surface area contributed by atoms with E-state index in [1.54, 1.807) is 11.3 Å². The zero-order chi connectivity index (χ0) is 13.1. The molecule has 2 heterocycles. The van der Waals surface area contributed by atoms with Gasteiger partial charge < -0.3 is 10.6 Å². The van der Waals surface area contributed by atoms with E-state index in [0.29, 0.717) is 6.54 Å². The zero-order valence-corrected chi connectivity index (χ0v) is 12.7. The van der Waals surface area contributed by atoms with Gasteiger partial charge in [0.25, 0.3) is 0 Å². The standard InChI is InChI=1S/C14H17N3OS.ClH/c18-14(11-6-3-4-8-15-11)16-9-13-17-10-5-1-2-7-12(10)19-13;/h1-2,5,7,11,15H,3-4,6,8-9H2,(H,16,18);1H/t11-;/m0./s1. The fourth-order valence-corrected chi connectivity index (χ4v) is 3.26. The summed E-state index contributed by atoms with van der Waals surface area (Å²) in [5.74, 6) is 0.0963. The fraction of sp³-hybridized carbons (Fsp3) is 0.429. The fourth-order valence-electron chi connectivity index (χ4n) is 2.36. The lowest BCUT2D eigenvalue weighted by Gasteiger charge is -2.22. The van der Waals surface area contributed by atoms with E-state index < -0.39 is 0 Å². The molecule has 1 fully saturated rings. The van der Waals surface area contributed by atoms with Crippen LogP contribution in [0.3, 0.4) is 0 Å². The van der Waals surface area contributed by atoms with Crippen molar-refractivity contribution >= 4 is 39.9 Å². The summed E-state index contributed by atoms with van der Waals surface area (Å²) in [5, 5.41) is 7.19. The van der Waals surface area contributed by atoms with Crippen LogP contribution in [0.2, 0.25) is 0 Å². The molecule has 20 heavy (non-hydrogen) atoms. The molecule has 2 aromatic rings. The van der Waals surface area contributed by atoms with E-state index >= 15 is 0 Å². The van der Waals surface area contributed by atoms with Crippen LogP contribution in [0, 0.1) is 0 Å². The largest absolute Gasteiger partial charge is 0.348 e. The third-order valence-electron chi connectivity index (χ3n) is 3.38. The number of carbonyl (C=O) groups excluding carboxylic acids is 1. The van der Waals surface area contributed by atoms with Gasteiger partial charge in [-0.3, -0.25) is 4.79 Å². The lowest BCUT2D eigenvalue weighted by Crippen LogP contribution is -2.46. The molecule has 1 aromatic carbocycles. The summed E-state index contributed by atoms with van der Waals surface area (Å²) in [7, 11) is 0.